The van der Waals surface area contributed by atoms with Gasteiger partial charge in [0.2, 0.25) is 0 Å². The van der Waals surface area contributed by atoms with Gasteiger partial charge >= 0.3 is 0 Å². The van der Waals surface area contributed by atoms with Crippen LogP contribution in [0.1, 0.15) is 17.0 Å². The molecule has 2 aliphatic rings. The van der Waals surface area contributed by atoms with E-state index in [9.17, 15) is 0 Å². The predicted molar refractivity (Wildman–Crippen MR) is 62.3 cm³/mol. The zero-order valence-electron chi connectivity index (χ0n) is 7.03. The highest BCUT2D eigenvalue weighted by Crippen LogP contribution is 2.50. The van der Waals surface area contributed by atoms with Crippen molar-refractivity contribution in [2.24, 2.45) is 0 Å². The summed E-state index contributed by atoms with van der Waals surface area (Å²) in [7, 11) is 0. The standard InChI is InChI=1S/C11H9BrS/c12-11-9-5-7-3-1-2-4-8(7)10(9)6-13-11/h1-5,10-11H,6H2. The fraction of sp³-hybridized carbons (Fsp3) is 0.273. The van der Waals surface area contributed by atoms with E-state index < -0.39 is 0 Å². The van der Waals surface area contributed by atoms with E-state index >= 15 is 0 Å². The molecule has 0 radical (unpaired) electrons. The van der Waals surface area contributed by atoms with Crippen LogP contribution in [0.2, 0.25) is 0 Å². The van der Waals surface area contributed by atoms with Gasteiger partial charge in [0.05, 0.1) is 4.16 Å². The molecule has 2 heteroatoms. The Kier molecular flexibility index (Phi) is 1.81. The third kappa shape index (κ3) is 1.12. The van der Waals surface area contributed by atoms with Crippen molar-refractivity contribution in [2.45, 2.75) is 10.1 Å². The second kappa shape index (κ2) is 2.89. The molecule has 2 atom stereocenters. The van der Waals surface area contributed by atoms with Crippen LogP contribution in [0, 0.1) is 0 Å². The monoisotopic (exact) mass is 252 g/mol. The lowest BCUT2D eigenvalue weighted by Gasteiger charge is -2.06. The molecule has 66 valence electrons. The molecule has 0 bridgehead atoms. The van der Waals surface area contributed by atoms with Crippen LogP contribution in [-0.4, -0.2) is 9.91 Å². The van der Waals surface area contributed by atoms with Gasteiger partial charge < -0.3 is 0 Å². The lowest BCUT2D eigenvalue weighted by atomic mass is 9.99. The van der Waals surface area contributed by atoms with E-state index in [2.05, 4.69) is 46.3 Å². The van der Waals surface area contributed by atoms with Crippen molar-refractivity contribution in [3.63, 3.8) is 0 Å². The summed E-state index contributed by atoms with van der Waals surface area (Å²) in [6.07, 6.45) is 2.35. The molecular weight excluding hydrogens is 244 g/mol. The molecule has 2 unspecified atom stereocenters. The second-order valence-electron chi connectivity index (χ2n) is 3.48. The van der Waals surface area contributed by atoms with Crippen LogP contribution in [0.5, 0.6) is 0 Å². The van der Waals surface area contributed by atoms with E-state index in [1.807, 2.05) is 11.8 Å². The van der Waals surface area contributed by atoms with E-state index in [1.54, 1.807) is 5.57 Å². The van der Waals surface area contributed by atoms with Crippen molar-refractivity contribution in [1.82, 2.24) is 0 Å². The Labute approximate surface area is 90.5 Å². The topological polar surface area (TPSA) is 0 Å². The minimum Gasteiger partial charge on any atom is -0.141 e. The highest BCUT2D eigenvalue weighted by Gasteiger charge is 2.34. The van der Waals surface area contributed by atoms with Crippen LogP contribution in [0.3, 0.4) is 0 Å². The zero-order valence-corrected chi connectivity index (χ0v) is 9.44. The molecule has 0 amide bonds. The molecule has 1 aliphatic heterocycles. The normalized spacial score (nSPS) is 29.8. The van der Waals surface area contributed by atoms with Gasteiger partial charge in [0.15, 0.2) is 0 Å². The summed E-state index contributed by atoms with van der Waals surface area (Å²) in [4.78, 5) is 0. The van der Waals surface area contributed by atoms with E-state index in [0.29, 0.717) is 10.1 Å². The number of thioether (sulfide) groups is 1. The van der Waals surface area contributed by atoms with E-state index in [1.165, 1.54) is 16.9 Å². The third-order valence-electron chi connectivity index (χ3n) is 2.77. The highest BCUT2D eigenvalue weighted by atomic mass is 79.9. The first kappa shape index (κ1) is 8.13. The second-order valence-corrected chi connectivity index (χ2v) is 6.14. The maximum absolute atomic E-state index is 3.70. The SMILES string of the molecule is BrC1SCC2C1=Cc1ccccc12. The smallest absolute Gasteiger partial charge is 0.0818 e. The maximum Gasteiger partial charge on any atom is 0.0818 e. The van der Waals surface area contributed by atoms with Gasteiger partial charge in [-0.05, 0) is 16.7 Å². The Morgan fingerprint density at radius 2 is 2.15 bits per heavy atom. The third-order valence-corrected chi connectivity index (χ3v) is 5.18. The van der Waals surface area contributed by atoms with E-state index in [4.69, 9.17) is 0 Å². The molecular formula is C11H9BrS. The molecule has 13 heavy (non-hydrogen) atoms. The quantitative estimate of drug-likeness (QED) is 0.636. The van der Waals surface area contributed by atoms with Crippen molar-refractivity contribution < 1.29 is 0 Å². The highest BCUT2D eigenvalue weighted by molar-refractivity contribution is 9.11. The first-order valence-corrected chi connectivity index (χ1v) is 6.39. The van der Waals surface area contributed by atoms with E-state index in [-0.39, 0.29) is 0 Å². The maximum atomic E-state index is 3.70. The summed E-state index contributed by atoms with van der Waals surface area (Å²) in [5.74, 6) is 1.92. The first-order chi connectivity index (χ1) is 6.36. The van der Waals surface area contributed by atoms with Crippen molar-refractivity contribution in [2.75, 3.05) is 5.75 Å². The fourth-order valence-corrected chi connectivity index (χ4v) is 4.17. The van der Waals surface area contributed by atoms with Gasteiger partial charge in [-0.25, -0.2) is 0 Å². The van der Waals surface area contributed by atoms with Gasteiger partial charge in [-0.2, -0.15) is 0 Å². The summed E-state index contributed by atoms with van der Waals surface area (Å²) in [5.41, 5.74) is 4.51. The van der Waals surface area contributed by atoms with Crippen LogP contribution in [0.25, 0.3) is 6.08 Å². The van der Waals surface area contributed by atoms with Gasteiger partial charge in [0.25, 0.3) is 0 Å². The summed E-state index contributed by atoms with van der Waals surface area (Å²) in [6, 6.07) is 8.73. The van der Waals surface area contributed by atoms with Crippen molar-refractivity contribution in [3.05, 3.63) is 41.0 Å². The largest absolute Gasteiger partial charge is 0.141 e. The van der Waals surface area contributed by atoms with Crippen LogP contribution in [-0.2, 0) is 0 Å². The first-order valence-electron chi connectivity index (χ1n) is 4.42. The molecule has 1 fully saturated rings. The van der Waals surface area contributed by atoms with Crippen LogP contribution in [0.15, 0.2) is 29.8 Å². The van der Waals surface area contributed by atoms with Gasteiger partial charge in [0, 0.05) is 11.7 Å². The number of hydrogen-bond acceptors (Lipinski definition) is 1. The molecule has 0 nitrogen and oxygen atoms in total. The molecule has 1 heterocycles. The minimum atomic E-state index is 0.546. The van der Waals surface area contributed by atoms with Crippen LogP contribution < -0.4 is 0 Å². The molecule has 1 aliphatic carbocycles. The van der Waals surface area contributed by atoms with E-state index in [0.717, 1.165) is 0 Å². The summed E-state index contributed by atoms with van der Waals surface area (Å²) >= 11 is 5.70. The molecule has 0 aromatic heterocycles. The molecule has 0 saturated carbocycles. The summed E-state index contributed by atoms with van der Waals surface area (Å²) < 4.78 is 0.546. The van der Waals surface area contributed by atoms with Crippen molar-refractivity contribution in [3.8, 4) is 0 Å². The van der Waals surface area contributed by atoms with Gasteiger partial charge in [-0.15, -0.1) is 11.8 Å². The average molecular weight is 253 g/mol. The number of alkyl halides is 1. The molecule has 3 rings (SSSR count). The lowest BCUT2D eigenvalue weighted by molar-refractivity contribution is 0.964. The number of fused-ring (bicyclic) bond motifs is 3. The fourth-order valence-electron chi connectivity index (χ4n) is 2.11. The molecule has 1 aromatic rings. The van der Waals surface area contributed by atoms with Crippen LogP contribution >= 0.6 is 27.7 Å². The van der Waals surface area contributed by atoms with Crippen molar-refractivity contribution in [1.29, 1.82) is 0 Å². The Balaban J connectivity index is 2.14. The number of benzene rings is 1. The zero-order chi connectivity index (χ0) is 8.84. The molecule has 1 saturated heterocycles. The molecule has 1 aromatic carbocycles. The Hall–Kier alpha value is -0.210. The lowest BCUT2D eigenvalue weighted by Crippen LogP contribution is -1.96. The van der Waals surface area contributed by atoms with Gasteiger partial charge in [-0.3, -0.25) is 0 Å². The van der Waals surface area contributed by atoms with Crippen LogP contribution in [0.4, 0.5) is 0 Å². The number of hydrogen-bond donors (Lipinski definition) is 0. The Bertz CT molecular complexity index is 383. The summed E-state index contributed by atoms with van der Waals surface area (Å²) in [6.45, 7) is 0. The molecule has 0 spiro atoms. The van der Waals surface area contributed by atoms with Gasteiger partial charge in [0.1, 0.15) is 0 Å². The van der Waals surface area contributed by atoms with Gasteiger partial charge in [-0.1, -0.05) is 46.3 Å². The summed E-state index contributed by atoms with van der Waals surface area (Å²) in [5, 5.41) is 0. The Morgan fingerprint density at radius 3 is 3.08 bits per heavy atom. The average Bonchev–Trinajstić information content (AvgIpc) is 2.67. The number of halogens is 1. The molecule has 0 N–H and O–H groups in total. The minimum absolute atomic E-state index is 0.546. The number of rotatable bonds is 0. The van der Waals surface area contributed by atoms with Crippen molar-refractivity contribution >= 4 is 33.8 Å². The Morgan fingerprint density at radius 1 is 1.31 bits per heavy atom. The predicted octanol–water partition coefficient (Wildman–Crippen LogP) is 3.64.